The third-order valence-electron chi connectivity index (χ3n) is 21.9. The number of rotatable bonds is 22. The van der Waals surface area contributed by atoms with Gasteiger partial charge in [0.1, 0.15) is 0 Å². The Kier molecular flexibility index (Phi) is 90.5. The summed E-state index contributed by atoms with van der Waals surface area (Å²) in [6, 6.07) is 0. The molecule has 2 heterocycles. The summed E-state index contributed by atoms with van der Waals surface area (Å²) in [4.78, 5) is 11.8. The first kappa shape index (κ1) is 136. The molecule has 6 saturated carbocycles. The second-order valence-electron chi connectivity index (χ2n) is 33.6. The van der Waals surface area contributed by atoms with Crippen LogP contribution in [0.4, 0.5) is 0 Å². The number of phosphoric ester groups is 1. The average Bonchev–Trinajstić information content (AvgIpc) is 0.832. The molecule has 8 N–H and O–H groups in total. The maximum atomic E-state index is 12.4. The van der Waals surface area contributed by atoms with E-state index in [2.05, 4.69) is 317 Å². The smallest absolute Gasteiger partial charge is 0.339 e. The molecular weight excluding hydrogens is 3020 g/mol. The molecule has 0 aromatic heterocycles. The molecule has 21 unspecified atom stereocenters. The Labute approximate surface area is 866 Å². The van der Waals surface area contributed by atoms with E-state index in [1.807, 2.05) is 0 Å². The fourth-order valence-electron chi connectivity index (χ4n) is 15.7. The van der Waals surface area contributed by atoms with Gasteiger partial charge < -0.3 is 44.7 Å². The molecule has 21 atom stereocenters. The molecule has 716 valence electrons. The summed E-state index contributed by atoms with van der Waals surface area (Å²) in [6.45, 7) is 43.3. The van der Waals surface area contributed by atoms with Gasteiger partial charge in [0.2, 0.25) is 0 Å². The van der Waals surface area contributed by atoms with Crippen LogP contribution in [-0.2, 0) is 63.6 Å². The van der Waals surface area contributed by atoms with Gasteiger partial charge in [-0.15, -0.1) is 24.0 Å². The molecule has 117 heavy (non-hydrogen) atoms. The SMILES string of the molecule is CC1CCC(C(C)C)C(O)C1.CC1CCC(C(C)C)C(OP(=O)(Cl)Cl)C1.CC1CCC(C(C)C)C(OP(=O)(Cl)Cl)C1.CC1CCC(C(C)C)C(OP(=O)([O-])OCCCN)C1.CC1CCC(C(C)C)C(OP2(=O)NCCCO2)C1.CC1CCC(C(C)C)C(OP2(=O)NCCCO2)C1.I.II.II.I[I-]I.I[I-]I.NCCCO.O=P(Cl)(Cl)Cl. The number of aliphatic hydroxyl groups excluding tert-OH is 2. The third kappa shape index (κ3) is 71.9. The van der Waals surface area contributed by atoms with Crippen molar-refractivity contribution in [1.29, 1.82) is 0 Å². The summed E-state index contributed by atoms with van der Waals surface area (Å²) in [5.74, 6) is 9.68. The van der Waals surface area contributed by atoms with Crippen molar-refractivity contribution in [3.05, 3.63) is 0 Å². The van der Waals surface area contributed by atoms with Gasteiger partial charge in [0, 0.05) is 94.2 Å². The molecule has 0 spiro atoms. The predicted octanol–water partition coefficient (Wildman–Crippen LogP) is 25.8. The molecule has 8 rings (SSSR count). The van der Waals surface area contributed by atoms with Crippen LogP contribution in [0.15, 0.2) is 0 Å². The van der Waals surface area contributed by atoms with Crippen molar-refractivity contribution in [3.8, 4) is 0 Å². The van der Waals surface area contributed by atoms with E-state index in [-0.39, 0.29) is 79.7 Å². The summed E-state index contributed by atoms with van der Waals surface area (Å²) in [5, 5.41) is 20.3. The number of hydrogen-bond acceptors (Lipinski definition) is 19. The van der Waals surface area contributed by atoms with Crippen LogP contribution in [0.5, 0.6) is 0 Å². The van der Waals surface area contributed by atoms with E-state index in [4.69, 9.17) is 97.7 Å². The minimum atomic E-state index is -4.20. The summed E-state index contributed by atoms with van der Waals surface area (Å²) >= 11 is 54.9. The Bertz CT molecular complexity index is 2590. The number of halogens is 18. The van der Waals surface area contributed by atoms with Crippen molar-refractivity contribution in [3.63, 3.8) is 0 Å². The number of aliphatic hydroxyl groups is 2. The second-order valence-corrected chi connectivity index (χ2v) is 86.1. The normalized spacial score (nSPS) is 31.7. The Morgan fingerprint density at radius 1 is 0.453 bits per heavy atom. The van der Waals surface area contributed by atoms with Gasteiger partial charge in [-0.2, -0.15) is 0 Å². The van der Waals surface area contributed by atoms with E-state index in [9.17, 15) is 37.4 Å². The van der Waals surface area contributed by atoms with Crippen LogP contribution in [0.3, 0.4) is 0 Å². The molecular formula is C72H147Cl7I11N4O17P6-3. The molecule has 2 aliphatic heterocycles. The van der Waals surface area contributed by atoms with Gasteiger partial charge >= 0.3 is 134 Å². The van der Waals surface area contributed by atoms with E-state index < -0.39 is 40.7 Å². The molecule has 0 aromatic carbocycles. The van der Waals surface area contributed by atoms with E-state index in [0.29, 0.717) is 154 Å². The standard InChI is InChI=1S/C13H28NO4P.2C13H26NO3P.2C10H19Cl2O2P.C10H20O.C3H9NO.Cl3OP.2I3.2I2.HI/c1-10(2)12-6-5-11(3)9-13(12)18-19(15,16)17-8-4-7-14;2*1-10(2)12-6-5-11(3)9-13(12)17-18(15)14-7-4-8-16-18;2*1-7(2)9-5-4-8(3)6-10(9)14-15(11,12)13;1-7(2)9-5-4-8(3)6-10(9)11;4-2-1-3-5;1-5(2,3)4;2*1-3-2;2*1-2;/h10-13H,4-9,14H2,1-3H3,(H,15,16);2*10-13H,4-9H2,1-3H3,(H,14,15);2*7-10H,4-6H2,1-3H3;7-11H,4-6H2,1-3H3;5H,1-4H2;;;;;;1H/q;;;;;;;;2*-1;;;/p-1. The van der Waals surface area contributed by atoms with E-state index in [0.717, 1.165) is 102 Å². The first-order valence-corrected chi connectivity index (χ1v) is 94.1. The van der Waals surface area contributed by atoms with Crippen molar-refractivity contribution >= 4 is 292 Å². The molecule has 0 bridgehead atoms. The number of phosphoric acid groups is 1. The minimum Gasteiger partial charge on any atom is -0.396 e. The van der Waals surface area contributed by atoms with Crippen LogP contribution in [0, 0.1) is 107 Å². The average molecular weight is 3170 g/mol. The summed E-state index contributed by atoms with van der Waals surface area (Å²) in [5.41, 5.74) is 10.3. The summed E-state index contributed by atoms with van der Waals surface area (Å²) in [7, 11) is -10.3. The van der Waals surface area contributed by atoms with Gasteiger partial charge in [-0.3, -0.25) is 36.4 Å². The molecule has 8 fully saturated rings. The first-order chi connectivity index (χ1) is 53.8. The van der Waals surface area contributed by atoms with Crippen molar-refractivity contribution in [1.82, 2.24) is 10.2 Å². The van der Waals surface area contributed by atoms with Crippen LogP contribution < -0.4 is 53.0 Å². The Morgan fingerprint density at radius 3 is 0.906 bits per heavy atom. The van der Waals surface area contributed by atoms with Gasteiger partial charge in [-0.25, -0.2) is 19.3 Å². The van der Waals surface area contributed by atoms with Crippen molar-refractivity contribution in [2.75, 3.05) is 52.6 Å². The molecule has 6 aliphatic carbocycles. The molecule has 0 aromatic rings. The minimum absolute atomic E-state index is 0. The molecule has 21 nitrogen and oxygen atoms in total. The quantitative estimate of drug-likeness (QED) is 0.0333. The predicted molar refractivity (Wildman–Crippen MR) is 570 cm³/mol. The number of nitrogens with one attached hydrogen (secondary N) is 2. The van der Waals surface area contributed by atoms with Gasteiger partial charge in [0.25, 0.3) is 7.82 Å². The van der Waals surface area contributed by atoms with Crippen LogP contribution >= 0.6 is 292 Å². The Morgan fingerprint density at radius 2 is 0.692 bits per heavy atom. The van der Waals surface area contributed by atoms with Crippen molar-refractivity contribution < 1.29 is 105 Å². The Hall–Kier alpha value is 10.8. The molecule has 0 radical (unpaired) electrons. The van der Waals surface area contributed by atoms with Gasteiger partial charge in [0.15, 0.2) is 0 Å². The fraction of sp³-hybridized carbons (Fsp3) is 1.00. The van der Waals surface area contributed by atoms with E-state index >= 15 is 0 Å². The molecule has 0 amide bonds. The molecule has 2 saturated heterocycles. The second kappa shape index (κ2) is 77.6. The third-order valence-corrected chi connectivity index (χ3v) is 28.2. The zero-order valence-corrected chi connectivity index (χ0v) is 106. The van der Waals surface area contributed by atoms with Gasteiger partial charge in [-0.05, 0) is 301 Å². The van der Waals surface area contributed by atoms with E-state index in [1.54, 1.807) is 0 Å². The maximum absolute atomic E-state index is 12.4. The molecule has 8 aliphatic rings. The van der Waals surface area contributed by atoms with E-state index in [1.165, 1.54) is 51.4 Å². The topological polar surface area (TPSA) is 316 Å². The van der Waals surface area contributed by atoms with Crippen LogP contribution in [0.2, 0.25) is 0 Å². The van der Waals surface area contributed by atoms with Crippen LogP contribution in [0.1, 0.15) is 266 Å². The van der Waals surface area contributed by atoms with Gasteiger partial charge in [-0.1, -0.05) is 163 Å². The summed E-state index contributed by atoms with van der Waals surface area (Å²) < 4.78 is 112. The van der Waals surface area contributed by atoms with Crippen molar-refractivity contribution in [2.24, 2.45) is 118 Å². The Balaban J connectivity index is -0.000000410. The van der Waals surface area contributed by atoms with Crippen molar-refractivity contribution in [2.45, 2.75) is 303 Å². The monoisotopic (exact) mass is 3170 g/mol. The van der Waals surface area contributed by atoms with Gasteiger partial charge in [0.05, 0.1) is 56.4 Å². The first-order valence-electron chi connectivity index (χ1n) is 40.6. The zero-order valence-electron chi connectivity index (χ0n) is 71.8. The largest absolute Gasteiger partial charge is 0.396 e. The fourth-order valence-corrected chi connectivity index (χ4v) is 22.3. The zero-order chi connectivity index (χ0) is 90.6. The summed E-state index contributed by atoms with van der Waals surface area (Å²) in [6.07, 6.45) is 15.8. The van der Waals surface area contributed by atoms with Crippen LogP contribution in [-0.4, -0.2) is 99.4 Å². The maximum Gasteiger partial charge on any atom is 0.339 e. The molecule has 45 heteroatoms. The van der Waals surface area contributed by atoms with Crippen LogP contribution in [0.25, 0.3) is 0 Å². The number of hydrogen-bond donors (Lipinski definition) is 6. The number of nitrogens with two attached hydrogens (primary N) is 2.